The fourth-order valence-electron chi connectivity index (χ4n) is 5.95. The lowest BCUT2D eigenvalue weighted by molar-refractivity contribution is -0.121. The monoisotopic (exact) mass is 445 g/mol. The van der Waals surface area contributed by atoms with Crippen LogP contribution in [0.15, 0.2) is 72.7 Å². The maximum absolute atomic E-state index is 12.8. The third-order valence-corrected chi connectivity index (χ3v) is 7.59. The van der Waals surface area contributed by atoms with Gasteiger partial charge in [0.15, 0.2) is 5.78 Å². The zero-order valence-corrected chi connectivity index (χ0v) is 19.1. The Morgan fingerprint density at radius 3 is 2.79 bits per heavy atom. The van der Waals surface area contributed by atoms with Crippen molar-refractivity contribution >= 4 is 16.7 Å². The van der Waals surface area contributed by atoms with Crippen LogP contribution in [-0.4, -0.2) is 25.3 Å². The van der Waals surface area contributed by atoms with Gasteiger partial charge in [0, 0.05) is 40.4 Å². The van der Waals surface area contributed by atoms with Crippen LogP contribution in [0.1, 0.15) is 31.7 Å². The standard InChI is InChI=1S/C28H23N5O/c1-17-22-9-10-24-26(28(22,2)14-18(15-29)25(17)34)32-27(33(24)19-6-5-12-30-16-19)21-11-13-31-23-8-4-3-7-20(21)23/h3-8,11-14,16-17,22H,9-10H2,1-2H3/t17-,22-,28-/m1/s1. The number of imidazole rings is 1. The Morgan fingerprint density at radius 1 is 1.15 bits per heavy atom. The predicted molar refractivity (Wildman–Crippen MR) is 129 cm³/mol. The summed E-state index contributed by atoms with van der Waals surface area (Å²) in [6.07, 6.45) is 8.96. The SMILES string of the molecule is C[C@H]1C(=O)C(C#N)=C[C@@]2(C)c3nc(-c4ccnc5ccccc45)n(-c4cccnc4)c3CC[C@H]12. The lowest BCUT2D eigenvalue weighted by atomic mass is 9.58. The van der Waals surface area contributed by atoms with Crippen LogP contribution in [0.5, 0.6) is 0 Å². The van der Waals surface area contributed by atoms with Crippen molar-refractivity contribution in [2.75, 3.05) is 0 Å². The summed E-state index contributed by atoms with van der Waals surface area (Å²) in [7, 11) is 0. The summed E-state index contributed by atoms with van der Waals surface area (Å²) in [4.78, 5) is 27.0. The minimum Gasteiger partial charge on any atom is -0.295 e. The number of fused-ring (bicyclic) bond motifs is 4. The summed E-state index contributed by atoms with van der Waals surface area (Å²) in [6, 6.07) is 16.2. The van der Waals surface area contributed by atoms with Crippen LogP contribution >= 0.6 is 0 Å². The van der Waals surface area contributed by atoms with Crippen LogP contribution in [0.2, 0.25) is 0 Å². The zero-order chi connectivity index (χ0) is 23.4. The van der Waals surface area contributed by atoms with Crippen molar-refractivity contribution in [1.82, 2.24) is 19.5 Å². The van der Waals surface area contributed by atoms with Crippen molar-refractivity contribution in [2.45, 2.75) is 32.1 Å². The van der Waals surface area contributed by atoms with Crippen LogP contribution in [0.25, 0.3) is 28.0 Å². The van der Waals surface area contributed by atoms with E-state index in [9.17, 15) is 10.1 Å². The van der Waals surface area contributed by atoms with E-state index in [0.717, 1.165) is 52.2 Å². The van der Waals surface area contributed by atoms with Gasteiger partial charge in [-0.2, -0.15) is 5.26 Å². The molecule has 3 atom stereocenters. The molecule has 2 aliphatic rings. The highest BCUT2D eigenvalue weighted by Crippen LogP contribution is 2.50. The molecule has 3 heterocycles. The van der Waals surface area contributed by atoms with Gasteiger partial charge in [-0.05, 0) is 43.0 Å². The molecule has 0 aliphatic heterocycles. The van der Waals surface area contributed by atoms with Gasteiger partial charge in [0.25, 0.3) is 0 Å². The number of hydrogen-bond acceptors (Lipinski definition) is 5. The van der Waals surface area contributed by atoms with Gasteiger partial charge in [-0.3, -0.25) is 19.3 Å². The van der Waals surface area contributed by atoms with Gasteiger partial charge in [-0.1, -0.05) is 38.1 Å². The van der Waals surface area contributed by atoms with E-state index in [1.807, 2.05) is 61.8 Å². The van der Waals surface area contributed by atoms with Crippen molar-refractivity contribution in [2.24, 2.45) is 11.8 Å². The summed E-state index contributed by atoms with van der Waals surface area (Å²) in [5.41, 5.74) is 4.63. The number of allylic oxidation sites excluding steroid dienone is 2. The number of aromatic nitrogens is 4. The average Bonchev–Trinajstić information content (AvgIpc) is 3.27. The molecule has 0 bridgehead atoms. The minimum atomic E-state index is -0.503. The van der Waals surface area contributed by atoms with E-state index >= 15 is 0 Å². The van der Waals surface area contributed by atoms with Crippen LogP contribution in [0.3, 0.4) is 0 Å². The number of para-hydroxylation sites is 1. The van der Waals surface area contributed by atoms with Gasteiger partial charge in [0.05, 0.1) is 28.7 Å². The molecular weight excluding hydrogens is 422 g/mol. The Kier molecular flexibility index (Phi) is 4.50. The number of nitrogens with zero attached hydrogens (tertiary/aromatic N) is 5. The Labute approximate surface area is 197 Å². The summed E-state index contributed by atoms with van der Waals surface area (Å²) >= 11 is 0. The number of pyridine rings is 2. The third-order valence-electron chi connectivity index (χ3n) is 7.59. The number of ketones is 1. The number of nitriles is 1. The van der Waals surface area contributed by atoms with Crippen LogP contribution < -0.4 is 0 Å². The fourth-order valence-corrected chi connectivity index (χ4v) is 5.95. The molecule has 0 fully saturated rings. The molecule has 34 heavy (non-hydrogen) atoms. The van der Waals surface area contributed by atoms with Crippen molar-refractivity contribution < 1.29 is 4.79 Å². The predicted octanol–water partition coefficient (Wildman–Crippen LogP) is 4.97. The highest BCUT2D eigenvalue weighted by Gasteiger charge is 2.50. The van der Waals surface area contributed by atoms with Gasteiger partial charge in [-0.15, -0.1) is 0 Å². The molecule has 4 aromatic rings. The average molecular weight is 446 g/mol. The van der Waals surface area contributed by atoms with Gasteiger partial charge in [-0.25, -0.2) is 4.98 Å². The molecule has 0 N–H and O–H groups in total. The molecule has 0 saturated carbocycles. The van der Waals surface area contributed by atoms with E-state index in [0.29, 0.717) is 0 Å². The molecule has 6 nitrogen and oxygen atoms in total. The van der Waals surface area contributed by atoms with Crippen molar-refractivity contribution in [1.29, 1.82) is 5.26 Å². The highest BCUT2D eigenvalue weighted by molar-refractivity contribution is 6.02. The maximum Gasteiger partial charge on any atom is 0.176 e. The second kappa shape index (κ2) is 7.46. The van der Waals surface area contributed by atoms with Crippen molar-refractivity contribution in [3.05, 3.63) is 84.1 Å². The molecular formula is C28H23N5O. The molecule has 0 radical (unpaired) electrons. The topological polar surface area (TPSA) is 84.5 Å². The molecule has 0 amide bonds. The normalized spacial score (nSPS) is 23.7. The van der Waals surface area contributed by atoms with Crippen LogP contribution in [-0.2, 0) is 16.6 Å². The Balaban J connectivity index is 1.68. The molecule has 6 rings (SSSR count). The molecule has 2 aliphatic carbocycles. The molecule has 3 aromatic heterocycles. The summed E-state index contributed by atoms with van der Waals surface area (Å²) in [6.45, 7) is 4.08. The number of hydrogen-bond donors (Lipinski definition) is 0. The van der Waals surface area contributed by atoms with Crippen LogP contribution in [0, 0.1) is 23.2 Å². The Hall–Kier alpha value is -4.11. The van der Waals surface area contributed by atoms with E-state index in [4.69, 9.17) is 4.98 Å². The van der Waals surface area contributed by atoms with Gasteiger partial charge in [0.2, 0.25) is 0 Å². The maximum atomic E-state index is 12.8. The molecule has 0 spiro atoms. The largest absolute Gasteiger partial charge is 0.295 e. The quantitative estimate of drug-likeness (QED) is 0.435. The third kappa shape index (κ3) is 2.80. The van der Waals surface area contributed by atoms with E-state index in [1.165, 1.54) is 0 Å². The molecule has 166 valence electrons. The lowest BCUT2D eigenvalue weighted by Crippen LogP contribution is -2.45. The van der Waals surface area contributed by atoms with Crippen molar-refractivity contribution in [3.8, 4) is 23.1 Å². The number of carbonyl (C=O) groups excluding carboxylic acids is 1. The van der Waals surface area contributed by atoms with Crippen LogP contribution in [0.4, 0.5) is 0 Å². The van der Waals surface area contributed by atoms with Gasteiger partial charge >= 0.3 is 0 Å². The number of carbonyl (C=O) groups is 1. The number of benzene rings is 1. The Morgan fingerprint density at radius 2 is 2.00 bits per heavy atom. The first kappa shape index (κ1) is 20.5. The second-order valence-corrected chi connectivity index (χ2v) is 9.40. The van der Waals surface area contributed by atoms with E-state index < -0.39 is 5.41 Å². The van der Waals surface area contributed by atoms with Gasteiger partial charge < -0.3 is 0 Å². The summed E-state index contributed by atoms with van der Waals surface area (Å²) in [5.74, 6) is 0.658. The fraction of sp³-hybridized carbons (Fsp3) is 0.250. The highest BCUT2D eigenvalue weighted by atomic mass is 16.1. The number of rotatable bonds is 2. The Bertz CT molecular complexity index is 1520. The smallest absolute Gasteiger partial charge is 0.176 e. The van der Waals surface area contributed by atoms with E-state index in [-0.39, 0.29) is 23.2 Å². The minimum absolute atomic E-state index is 0.0551. The number of Topliss-reactive ketones (excluding diaryl/α,β-unsaturated/α-hetero) is 1. The second-order valence-electron chi connectivity index (χ2n) is 9.40. The molecule has 0 saturated heterocycles. The van der Waals surface area contributed by atoms with E-state index in [1.54, 1.807) is 6.20 Å². The lowest BCUT2D eigenvalue weighted by Gasteiger charge is -2.44. The molecule has 6 heteroatoms. The molecule has 0 unspecified atom stereocenters. The summed E-state index contributed by atoms with van der Waals surface area (Å²) in [5, 5.41) is 10.7. The van der Waals surface area contributed by atoms with Gasteiger partial charge in [0.1, 0.15) is 11.9 Å². The first-order valence-corrected chi connectivity index (χ1v) is 11.6. The zero-order valence-electron chi connectivity index (χ0n) is 19.1. The summed E-state index contributed by atoms with van der Waals surface area (Å²) < 4.78 is 2.20. The van der Waals surface area contributed by atoms with E-state index in [2.05, 4.69) is 33.6 Å². The van der Waals surface area contributed by atoms with Crippen molar-refractivity contribution in [3.63, 3.8) is 0 Å². The first-order chi connectivity index (χ1) is 16.5. The first-order valence-electron chi connectivity index (χ1n) is 11.6. The molecule has 1 aromatic carbocycles.